The minimum Gasteiger partial charge on any atom is -0.358 e. The van der Waals surface area contributed by atoms with E-state index in [0.29, 0.717) is 17.6 Å². The minimum atomic E-state index is 0.00928. The van der Waals surface area contributed by atoms with Crippen molar-refractivity contribution in [2.75, 3.05) is 5.32 Å². The summed E-state index contributed by atoms with van der Waals surface area (Å²) in [5, 5.41) is 6.25. The van der Waals surface area contributed by atoms with Crippen molar-refractivity contribution in [2.45, 2.75) is 72.6 Å². The number of hydrogen-bond donors (Lipinski definition) is 1. The van der Waals surface area contributed by atoms with E-state index in [1.165, 1.54) is 41.3 Å². The van der Waals surface area contributed by atoms with E-state index in [9.17, 15) is 4.79 Å². The zero-order valence-corrected chi connectivity index (χ0v) is 20.1. The molecule has 2 bridgehead atoms. The molecule has 0 amide bonds. The summed E-state index contributed by atoms with van der Waals surface area (Å²) >= 11 is 0. The van der Waals surface area contributed by atoms with Crippen molar-refractivity contribution >= 4 is 22.2 Å². The third-order valence-electron chi connectivity index (χ3n) is 9.78. The second-order valence-electron chi connectivity index (χ2n) is 12.4. The lowest BCUT2D eigenvalue weighted by atomic mass is 9.66. The van der Waals surface area contributed by atoms with Gasteiger partial charge in [0.2, 0.25) is 0 Å². The number of allylic oxidation sites excluding steroid dienone is 4. The van der Waals surface area contributed by atoms with Crippen LogP contribution in [0.4, 0.5) is 5.69 Å². The van der Waals surface area contributed by atoms with Crippen LogP contribution in [0.1, 0.15) is 78.2 Å². The highest BCUT2D eigenvalue weighted by atomic mass is 16.1. The van der Waals surface area contributed by atoms with Gasteiger partial charge < -0.3 is 5.32 Å². The quantitative estimate of drug-likeness (QED) is 0.473. The van der Waals surface area contributed by atoms with Gasteiger partial charge in [0.15, 0.2) is 5.78 Å². The molecule has 0 saturated heterocycles. The predicted octanol–water partition coefficient (Wildman–Crippen LogP) is 7.76. The fourth-order valence-corrected chi connectivity index (χ4v) is 7.49. The van der Waals surface area contributed by atoms with Crippen LogP contribution in [0.3, 0.4) is 0 Å². The molecule has 2 aromatic carbocycles. The summed E-state index contributed by atoms with van der Waals surface area (Å²) in [6.45, 7) is 11.9. The number of Topliss-reactive ketones (excluding diaryl/α,β-unsaturated/α-hetero) is 1. The molecule has 2 fully saturated rings. The normalized spacial score (nSPS) is 33.4. The first-order valence-electron chi connectivity index (χ1n) is 12.4. The summed E-state index contributed by atoms with van der Waals surface area (Å²) in [6, 6.07) is 13.1. The number of hydrogen-bond acceptors (Lipinski definition) is 2. The fraction of sp³-hybridized carbons (Fsp3) is 0.500. The Hall–Kier alpha value is -2.35. The molecular weight excluding hydrogens is 390 g/mol. The van der Waals surface area contributed by atoms with Gasteiger partial charge in [-0.05, 0) is 70.2 Å². The molecule has 0 radical (unpaired) electrons. The maximum Gasteiger partial charge on any atom is 0.162 e. The van der Waals surface area contributed by atoms with Gasteiger partial charge in [-0.15, -0.1) is 0 Å². The van der Waals surface area contributed by atoms with Crippen LogP contribution in [-0.4, -0.2) is 5.78 Å². The average molecular weight is 426 g/mol. The van der Waals surface area contributed by atoms with Crippen molar-refractivity contribution in [3.05, 3.63) is 64.9 Å². The molecule has 2 nitrogen and oxygen atoms in total. The fourth-order valence-electron chi connectivity index (χ4n) is 7.49. The third-order valence-corrected chi connectivity index (χ3v) is 9.78. The smallest absolute Gasteiger partial charge is 0.162 e. The lowest BCUT2D eigenvalue weighted by Crippen LogP contribution is -2.33. The molecule has 3 aliphatic carbocycles. The lowest BCUT2D eigenvalue weighted by Gasteiger charge is -2.40. The molecule has 32 heavy (non-hydrogen) atoms. The number of fused-ring (bicyclic) bond motifs is 5. The number of nitrogens with one attached hydrogen (secondary N) is 1. The Labute approximate surface area is 192 Å². The second kappa shape index (κ2) is 6.37. The van der Waals surface area contributed by atoms with Gasteiger partial charge >= 0.3 is 0 Å². The summed E-state index contributed by atoms with van der Waals surface area (Å²) in [6.07, 6.45) is 7.92. The Morgan fingerprint density at radius 2 is 1.78 bits per heavy atom. The summed E-state index contributed by atoms with van der Waals surface area (Å²) in [7, 11) is 0. The molecule has 4 aliphatic rings. The molecular formula is C30H35NO. The zero-order chi connectivity index (χ0) is 22.5. The molecule has 2 aromatic rings. The Bertz CT molecular complexity index is 1230. The maximum atomic E-state index is 13.6. The lowest BCUT2D eigenvalue weighted by molar-refractivity contribution is -0.118. The number of rotatable bonds is 1. The Morgan fingerprint density at radius 1 is 1.00 bits per heavy atom. The van der Waals surface area contributed by atoms with Gasteiger partial charge in [0, 0.05) is 29.3 Å². The van der Waals surface area contributed by atoms with E-state index in [-0.39, 0.29) is 16.7 Å². The first-order chi connectivity index (χ1) is 15.1. The van der Waals surface area contributed by atoms with Crippen molar-refractivity contribution < 1.29 is 4.79 Å². The van der Waals surface area contributed by atoms with Crippen molar-refractivity contribution in [3.63, 3.8) is 0 Å². The molecule has 3 atom stereocenters. The van der Waals surface area contributed by atoms with Gasteiger partial charge in [-0.1, -0.05) is 76.6 Å². The topological polar surface area (TPSA) is 29.1 Å². The van der Waals surface area contributed by atoms with Gasteiger partial charge in [-0.25, -0.2) is 0 Å². The number of ketones is 1. The van der Waals surface area contributed by atoms with Crippen molar-refractivity contribution in [3.8, 4) is 0 Å². The van der Waals surface area contributed by atoms with E-state index in [0.717, 1.165) is 23.6 Å². The first-order valence-corrected chi connectivity index (χ1v) is 12.4. The number of carbonyl (C=O) groups is 1. The molecule has 0 aromatic heterocycles. The van der Waals surface area contributed by atoms with Gasteiger partial charge in [0.25, 0.3) is 0 Å². The average Bonchev–Trinajstić information content (AvgIpc) is 3.05. The molecule has 2 unspecified atom stereocenters. The van der Waals surface area contributed by atoms with Crippen LogP contribution in [0.2, 0.25) is 0 Å². The number of benzene rings is 2. The minimum absolute atomic E-state index is 0.00928. The molecule has 0 spiro atoms. The Balaban J connectivity index is 1.59. The van der Waals surface area contributed by atoms with Gasteiger partial charge in [-0.2, -0.15) is 0 Å². The first kappa shape index (κ1) is 20.3. The summed E-state index contributed by atoms with van der Waals surface area (Å²) in [4.78, 5) is 13.6. The van der Waals surface area contributed by atoms with E-state index in [1.807, 2.05) is 0 Å². The van der Waals surface area contributed by atoms with Gasteiger partial charge in [-0.3, -0.25) is 4.79 Å². The summed E-state index contributed by atoms with van der Waals surface area (Å²) in [5.74, 6) is 1.15. The maximum absolute atomic E-state index is 13.6. The molecule has 2 saturated carbocycles. The highest BCUT2D eigenvalue weighted by molar-refractivity contribution is 6.04. The molecule has 1 heterocycles. The monoisotopic (exact) mass is 425 g/mol. The third kappa shape index (κ3) is 2.62. The largest absolute Gasteiger partial charge is 0.358 e. The van der Waals surface area contributed by atoms with Crippen molar-refractivity contribution in [1.29, 1.82) is 0 Å². The second-order valence-corrected chi connectivity index (χ2v) is 12.4. The molecule has 166 valence electrons. The molecule has 1 aliphatic heterocycles. The summed E-state index contributed by atoms with van der Waals surface area (Å²) in [5.41, 5.74) is 6.85. The molecule has 6 rings (SSSR count). The van der Waals surface area contributed by atoms with Crippen LogP contribution in [0.25, 0.3) is 10.8 Å². The zero-order valence-electron chi connectivity index (χ0n) is 20.1. The number of anilines is 1. The highest BCUT2D eigenvalue weighted by Gasteiger charge is 2.58. The van der Waals surface area contributed by atoms with Gasteiger partial charge in [0.05, 0.1) is 0 Å². The van der Waals surface area contributed by atoms with Crippen LogP contribution in [0.15, 0.2) is 59.3 Å². The van der Waals surface area contributed by atoms with Crippen LogP contribution < -0.4 is 5.32 Å². The van der Waals surface area contributed by atoms with E-state index in [4.69, 9.17) is 0 Å². The van der Waals surface area contributed by atoms with Crippen LogP contribution in [0.5, 0.6) is 0 Å². The van der Waals surface area contributed by atoms with E-state index < -0.39 is 0 Å². The Kier molecular flexibility index (Phi) is 4.03. The van der Waals surface area contributed by atoms with Crippen LogP contribution >= 0.6 is 0 Å². The van der Waals surface area contributed by atoms with E-state index >= 15 is 0 Å². The predicted molar refractivity (Wildman–Crippen MR) is 133 cm³/mol. The molecule has 1 N–H and O–H groups in total. The van der Waals surface area contributed by atoms with E-state index in [1.54, 1.807) is 5.57 Å². The van der Waals surface area contributed by atoms with E-state index in [2.05, 4.69) is 82.4 Å². The van der Waals surface area contributed by atoms with Gasteiger partial charge in [0.1, 0.15) is 0 Å². The molecule has 2 heteroatoms. The summed E-state index contributed by atoms with van der Waals surface area (Å²) < 4.78 is 0. The van der Waals surface area contributed by atoms with Crippen molar-refractivity contribution in [2.24, 2.45) is 22.2 Å². The Morgan fingerprint density at radius 3 is 2.50 bits per heavy atom. The number of carbonyl (C=O) groups excluding carboxylic acids is 1. The highest BCUT2D eigenvalue weighted by Crippen LogP contribution is 2.68. The van der Waals surface area contributed by atoms with Crippen LogP contribution in [0, 0.1) is 22.2 Å². The van der Waals surface area contributed by atoms with Crippen molar-refractivity contribution in [1.82, 2.24) is 0 Å². The SMILES string of the molecule is CC1(C)CC(=O)C2=C(C1)Nc1ccc3ccccc3c1[C@@H]2C=C1CC2CCC1(C)C2(C)C. The van der Waals surface area contributed by atoms with Crippen LogP contribution in [-0.2, 0) is 4.79 Å². The standard InChI is InChI=1S/C30H35NO/c1-28(2)16-24-27(25(32)17-28)22(15-20-14-19-12-13-30(20,5)29(19,3)4)26-21-9-7-6-8-18(21)10-11-23(26)31-24/h6-11,15,19,22,31H,12-14,16-17H2,1-5H3/t19?,22-,30?/m0/s1.